The van der Waals surface area contributed by atoms with Gasteiger partial charge in [0.05, 0.1) is 11.5 Å². The van der Waals surface area contributed by atoms with E-state index in [2.05, 4.69) is 0 Å². The third-order valence-corrected chi connectivity index (χ3v) is 4.79. The topological polar surface area (TPSA) is 129 Å². The third kappa shape index (κ3) is 3.79. The Labute approximate surface area is 160 Å². The molecule has 1 aromatic rings. The molecule has 0 radical (unpaired) electrons. The van der Waals surface area contributed by atoms with Crippen molar-refractivity contribution < 1.29 is 28.7 Å². The van der Waals surface area contributed by atoms with Gasteiger partial charge >= 0.3 is 5.97 Å². The molecule has 0 bridgehead atoms. The molecule has 1 heterocycles. The lowest BCUT2D eigenvalue weighted by Crippen LogP contribution is -2.40. The fraction of sp³-hybridized carbons (Fsp3) is 0.421. The summed E-state index contributed by atoms with van der Waals surface area (Å²) in [6.45, 7) is 0.168. The Kier molecular flexibility index (Phi) is 5.84. The molecule has 0 fully saturated rings. The minimum absolute atomic E-state index is 0.0133. The van der Waals surface area contributed by atoms with E-state index in [1.807, 2.05) is 0 Å². The SMILES string of the molecule is COCCOC(=O)C1C(=N)OC2=C(C(=O)CCC2)C1c1cccc([N+](=O)[O-])c1. The van der Waals surface area contributed by atoms with E-state index < -0.39 is 22.7 Å². The van der Waals surface area contributed by atoms with E-state index in [1.165, 1.54) is 25.3 Å². The number of nitrogens with zero attached hydrogens (tertiary/aromatic N) is 1. The highest BCUT2D eigenvalue weighted by Gasteiger charge is 2.46. The Hall–Kier alpha value is -3.07. The average Bonchev–Trinajstić information content (AvgIpc) is 2.67. The molecule has 0 aromatic heterocycles. The molecule has 9 heteroatoms. The van der Waals surface area contributed by atoms with Crippen LogP contribution in [0.3, 0.4) is 0 Å². The fourth-order valence-electron chi connectivity index (χ4n) is 3.55. The number of allylic oxidation sites excluding steroid dienone is 2. The van der Waals surface area contributed by atoms with E-state index in [0.29, 0.717) is 36.2 Å². The van der Waals surface area contributed by atoms with Crippen LogP contribution in [0.5, 0.6) is 0 Å². The van der Waals surface area contributed by atoms with Gasteiger partial charge in [-0.3, -0.25) is 25.1 Å². The van der Waals surface area contributed by atoms with Gasteiger partial charge in [0.25, 0.3) is 5.69 Å². The molecule has 148 valence electrons. The summed E-state index contributed by atoms with van der Waals surface area (Å²) < 4.78 is 15.6. The number of non-ortho nitro benzene ring substituents is 1. The zero-order valence-electron chi connectivity index (χ0n) is 15.3. The second-order valence-corrected chi connectivity index (χ2v) is 6.55. The summed E-state index contributed by atoms with van der Waals surface area (Å²) in [5, 5.41) is 19.4. The number of hydrogen-bond acceptors (Lipinski definition) is 8. The number of nitrogens with one attached hydrogen (secondary N) is 1. The fourth-order valence-corrected chi connectivity index (χ4v) is 3.55. The zero-order valence-corrected chi connectivity index (χ0v) is 15.3. The van der Waals surface area contributed by atoms with Gasteiger partial charge in [-0.25, -0.2) is 0 Å². The van der Waals surface area contributed by atoms with E-state index in [1.54, 1.807) is 6.07 Å². The predicted octanol–water partition coefficient (Wildman–Crippen LogP) is 2.50. The number of ketones is 1. The summed E-state index contributed by atoms with van der Waals surface area (Å²) >= 11 is 0. The van der Waals surface area contributed by atoms with Crippen molar-refractivity contribution in [3.63, 3.8) is 0 Å². The highest BCUT2D eigenvalue weighted by molar-refractivity contribution is 6.06. The monoisotopic (exact) mass is 388 g/mol. The molecular weight excluding hydrogens is 368 g/mol. The van der Waals surface area contributed by atoms with Crippen LogP contribution in [0.15, 0.2) is 35.6 Å². The highest BCUT2D eigenvalue weighted by Crippen LogP contribution is 2.44. The van der Waals surface area contributed by atoms with Crippen LogP contribution in [0.25, 0.3) is 0 Å². The molecule has 9 nitrogen and oxygen atoms in total. The van der Waals surface area contributed by atoms with Crippen molar-refractivity contribution in [2.24, 2.45) is 5.92 Å². The van der Waals surface area contributed by atoms with Crippen molar-refractivity contribution in [2.45, 2.75) is 25.2 Å². The van der Waals surface area contributed by atoms with E-state index in [0.717, 1.165) is 0 Å². The molecule has 1 N–H and O–H groups in total. The summed E-state index contributed by atoms with van der Waals surface area (Å²) in [5.41, 5.74) is 0.544. The summed E-state index contributed by atoms with van der Waals surface area (Å²) in [6, 6.07) is 5.76. The highest BCUT2D eigenvalue weighted by atomic mass is 16.6. The molecule has 3 rings (SSSR count). The van der Waals surface area contributed by atoms with Crippen LogP contribution < -0.4 is 0 Å². The van der Waals surface area contributed by atoms with Crippen molar-refractivity contribution in [3.05, 3.63) is 51.3 Å². The molecule has 28 heavy (non-hydrogen) atoms. The van der Waals surface area contributed by atoms with Gasteiger partial charge in [0.1, 0.15) is 18.3 Å². The normalized spacial score (nSPS) is 21.8. The van der Waals surface area contributed by atoms with Crippen LogP contribution in [0, 0.1) is 21.4 Å². The maximum absolute atomic E-state index is 12.7. The number of methoxy groups -OCH3 is 1. The number of Topliss-reactive ketones (excluding diaryl/α,β-unsaturated/α-hetero) is 1. The Bertz CT molecular complexity index is 862. The molecule has 0 saturated carbocycles. The molecule has 0 amide bonds. The van der Waals surface area contributed by atoms with Gasteiger partial charge in [0.2, 0.25) is 5.90 Å². The van der Waals surface area contributed by atoms with Crippen LogP contribution in [-0.4, -0.2) is 42.9 Å². The number of nitro benzene ring substituents is 1. The molecule has 2 atom stereocenters. The maximum atomic E-state index is 12.7. The standard InChI is InChI=1S/C19H20N2O7/c1-26-8-9-27-19(23)17-15(11-4-2-5-12(10-11)21(24)25)16-13(22)6-3-7-14(16)28-18(17)20/h2,4-5,10,15,17,20H,3,6-9H2,1H3. The van der Waals surface area contributed by atoms with Gasteiger partial charge < -0.3 is 14.2 Å². The first kappa shape index (κ1) is 19.7. The van der Waals surface area contributed by atoms with Crippen LogP contribution in [0.4, 0.5) is 5.69 Å². The van der Waals surface area contributed by atoms with Crippen molar-refractivity contribution >= 4 is 23.3 Å². The Balaban J connectivity index is 2.07. The number of benzene rings is 1. The number of carbonyl (C=O) groups excluding carboxylic acids is 2. The van der Waals surface area contributed by atoms with Crippen LogP contribution in [0.2, 0.25) is 0 Å². The van der Waals surface area contributed by atoms with E-state index >= 15 is 0 Å². The molecule has 2 unspecified atom stereocenters. The number of carbonyl (C=O) groups is 2. The van der Waals surface area contributed by atoms with Crippen molar-refractivity contribution in [2.75, 3.05) is 20.3 Å². The first-order valence-corrected chi connectivity index (χ1v) is 8.86. The summed E-state index contributed by atoms with van der Waals surface area (Å²) in [4.78, 5) is 36.0. The number of ether oxygens (including phenoxy) is 3. The third-order valence-electron chi connectivity index (χ3n) is 4.79. The number of hydrogen-bond donors (Lipinski definition) is 1. The maximum Gasteiger partial charge on any atom is 0.319 e. The minimum Gasteiger partial charge on any atom is -0.463 e. The first-order chi connectivity index (χ1) is 13.4. The largest absolute Gasteiger partial charge is 0.463 e. The van der Waals surface area contributed by atoms with E-state index in [9.17, 15) is 19.7 Å². The number of rotatable bonds is 6. The molecule has 1 aliphatic carbocycles. The molecular formula is C19H20N2O7. The lowest BCUT2D eigenvalue weighted by atomic mass is 9.73. The lowest BCUT2D eigenvalue weighted by molar-refractivity contribution is -0.384. The number of nitro groups is 1. The van der Waals surface area contributed by atoms with Crippen LogP contribution >= 0.6 is 0 Å². The van der Waals surface area contributed by atoms with Gasteiger partial charge in [0.15, 0.2) is 5.78 Å². The molecule has 1 aliphatic heterocycles. The lowest BCUT2D eigenvalue weighted by Gasteiger charge is -2.35. The number of esters is 1. The first-order valence-electron chi connectivity index (χ1n) is 8.86. The van der Waals surface area contributed by atoms with Crippen molar-refractivity contribution in [1.82, 2.24) is 0 Å². The summed E-state index contributed by atoms with van der Waals surface area (Å²) in [7, 11) is 1.46. The predicted molar refractivity (Wildman–Crippen MR) is 96.9 cm³/mol. The van der Waals surface area contributed by atoms with Gasteiger partial charge in [-0.1, -0.05) is 12.1 Å². The van der Waals surface area contributed by atoms with Gasteiger partial charge in [-0.15, -0.1) is 0 Å². The smallest absolute Gasteiger partial charge is 0.319 e. The second-order valence-electron chi connectivity index (χ2n) is 6.55. The zero-order chi connectivity index (χ0) is 20.3. The Morgan fingerprint density at radius 2 is 2.14 bits per heavy atom. The van der Waals surface area contributed by atoms with Crippen molar-refractivity contribution in [1.29, 1.82) is 5.41 Å². The molecule has 2 aliphatic rings. The van der Waals surface area contributed by atoms with Gasteiger partial charge in [-0.2, -0.15) is 0 Å². The molecule has 0 spiro atoms. The average molecular weight is 388 g/mol. The van der Waals surface area contributed by atoms with E-state index in [4.69, 9.17) is 19.6 Å². The quantitative estimate of drug-likeness (QED) is 0.343. The Morgan fingerprint density at radius 1 is 1.36 bits per heavy atom. The molecule has 1 aromatic carbocycles. The van der Waals surface area contributed by atoms with Gasteiger partial charge in [-0.05, 0) is 12.0 Å². The Morgan fingerprint density at radius 3 is 2.86 bits per heavy atom. The van der Waals surface area contributed by atoms with Crippen LogP contribution in [0.1, 0.15) is 30.7 Å². The molecule has 0 saturated heterocycles. The van der Waals surface area contributed by atoms with Gasteiger partial charge in [0, 0.05) is 43.6 Å². The van der Waals surface area contributed by atoms with Crippen LogP contribution in [-0.2, 0) is 23.8 Å². The summed E-state index contributed by atoms with van der Waals surface area (Å²) in [5.74, 6) is -2.94. The second kappa shape index (κ2) is 8.30. The summed E-state index contributed by atoms with van der Waals surface area (Å²) in [6.07, 6.45) is 1.36. The van der Waals surface area contributed by atoms with E-state index in [-0.39, 0.29) is 30.6 Å². The minimum atomic E-state index is -1.19. The van der Waals surface area contributed by atoms with Crippen molar-refractivity contribution in [3.8, 4) is 0 Å².